The minimum atomic E-state index is -0.351. The number of ether oxygens (including phenoxy) is 1. The molecule has 168 valence electrons. The van der Waals surface area contributed by atoms with Gasteiger partial charge in [-0.2, -0.15) is 0 Å². The van der Waals surface area contributed by atoms with Gasteiger partial charge < -0.3 is 4.74 Å². The van der Waals surface area contributed by atoms with E-state index >= 15 is 0 Å². The van der Waals surface area contributed by atoms with Crippen LogP contribution in [0.2, 0.25) is 5.02 Å². The van der Waals surface area contributed by atoms with Gasteiger partial charge >= 0.3 is 0 Å². The molecule has 0 radical (unpaired) electrons. The third-order valence-corrected chi connectivity index (χ3v) is 8.14. The van der Waals surface area contributed by atoms with E-state index in [9.17, 15) is 4.39 Å². The van der Waals surface area contributed by atoms with Crippen molar-refractivity contribution < 1.29 is 9.13 Å². The summed E-state index contributed by atoms with van der Waals surface area (Å²) >= 11 is 6.27. The molecule has 1 aliphatic heterocycles. The lowest BCUT2D eigenvalue weighted by molar-refractivity contribution is 0.212. The molecule has 2 atom stereocenters. The second kappa shape index (κ2) is 9.53. The van der Waals surface area contributed by atoms with Crippen LogP contribution in [-0.4, -0.2) is 6.61 Å². The van der Waals surface area contributed by atoms with E-state index in [1.807, 2.05) is 24.3 Å². The molecule has 0 bridgehead atoms. The summed E-state index contributed by atoms with van der Waals surface area (Å²) < 4.78 is 20.1. The van der Waals surface area contributed by atoms with E-state index in [0.29, 0.717) is 12.2 Å². The number of benzene rings is 2. The zero-order valence-electron chi connectivity index (χ0n) is 18.8. The van der Waals surface area contributed by atoms with E-state index in [2.05, 4.69) is 37.3 Å². The van der Waals surface area contributed by atoms with Gasteiger partial charge in [-0.15, -0.1) is 0 Å². The first-order valence-corrected chi connectivity index (χ1v) is 12.5. The normalized spacial score (nSPS) is 28.0. The van der Waals surface area contributed by atoms with Gasteiger partial charge in [-0.25, -0.2) is 4.39 Å². The first-order valence-electron chi connectivity index (χ1n) is 12.2. The van der Waals surface area contributed by atoms with Gasteiger partial charge in [0, 0.05) is 11.1 Å². The van der Waals surface area contributed by atoms with Crippen molar-refractivity contribution in [1.82, 2.24) is 0 Å². The van der Waals surface area contributed by atoms with Crippen molar-refractivity contribution >= 4 is 17.2 Å². The third-order valence-electron chi connectivity index (χ3n) is 7.76. The van der Waals surface area contributed by atoms with Crippen LogP contribution in [0.25, 0.3) is 16.7 Å². The summed E-state index contributed by atoms with van der Waals surface area (Å²) in [7, 11) is 0. The Labute approximate surface area is 196 Å². The van der Waals surface area contributed by atoms with E-state index < -0.39 is 0 Å². The lowest BCUT2D eigenvalue weighted by Crippen LogP contribution is -2.22. The molecule has 32 heavy (non-hydrogen) atoms. The summed E-state index contributed by atoms with van der Waals surface area (Å²) in [5, 5.41) is 0.190. The van der Waals surface area contributed by atoms with E-state index in [1.54, 1.807) is 0 Å². The monoisotopic (exact) mass is 450 g/mol. The van der Waals surface area contributed by atoms with Crippen molar-refractivity contribution in [2.24, 2.45) is 17.8 Å². The van der Waals surface area contributed by atoms with Gasteiger partial charge in [0.05, 0.1) is 11.6 Å². The second-order valence-electron chi connectivity index (χ2n) is 9.69. The summed E-state index contributed by atoms with van der Waals surface area (Å²) in [6.45, 7) is 2.76. The fourth-order valence-corrected chi connectivity index (χ4v) is 6.04. The van der Waals surface area contributed by atoms with Crippen molar-refractivity contribution in [3.05, 3.63) is 76.6 Å². The molecule has 3 aliphatic rings. The summed E-state index contributed by atoms with van der Waals surface area (Å²) in [6.07, 6.45) is 16.2. The fourth-order valence-electron chi connectivity index (χ4n) is 5.75. The van der Waals surface area contributed by atoms with Gasteiger partial charge in [0.2, 0.25) is 0 Å². The molecule has 5 rings (SSSR count). The van der Waals surface area contributed by atoms with Crippen LogP contribution < -0.4 is 0 Å². The van der Waals surface area contributed by atoms with E-state index in [-0.39, 0.29) is 16.9 Å². The van der Waals surface area contributed by atoms with Crippen molar-refractivity contribution in [2.45, 2.75) is 58.0 Å². The standard InChI is InChI=1S/C29H32ClFO/c1-2-3-19-4-6-20(7-5-19)21-8-10-22(11-9-21)23-12-14-24(15-13-23)25-16-17-26(27-18-32-27)28(30)29(25)31/h2-3,10,12-17,19-21,27H,4-9,11,18H2,1H3/b3-2+. The largest absolute Gasteiger partial charge is 0.368 e. The zero-order valence-corrected chi connectivity index (χ0v) is 19.6. The maximum absolute atomic E-state index is 14.9. The average molecular weight is 451 g/mol. The SMILES string of the molecule is C/C=C/C1CCC(C2CC=C(c3ccc(-c4ccc(C5CO5)c(Cl)c4F)cc3)CC2)CC1. The minimum Gasteiger partial charge on any atom is -0.368 e. The molecule has 2 aliphatic carbocycles. The Hall–Kier alpha value is -1.90. The minimum absolute atomic E-state index is 0.0429. The molecule has 0 amide bonds. The Bertz CT molecular complexity index is 1010. The topological polar surface area (TPSA) is 12.5 Å². The molecule has 2 aromatic rings. The molecule has 0 spiro atoms. The smallest absolute Gasteiger partial charge is 0.149 e. The lowest BCUT2D eigenvalue weighted by Gasteiger charge is -2.34. The van der Waals surface area contributed by atoms with Crippen molar-refractivity contribution in [1.29, 1.82) is 0 Å². The van der Waals surface area contributed by atoms with Crippen molar-refractivity contribution in [3.8, 4) is 11.1 Å². The van der Waals surface area contributed by atoms with Crippen molar-refractivity contribution in [2.75, 3.05) is 6.61 Å². The van der Waals surface area contributed by atoms with Gasteiger partial charge in [-0.1, -0.05) is 66.2 Å². The van der Waals surface area contributed by atoms with Crippen LogP contribution in [0.4, 0.5) is 4.39 Å². The highest BCUT2D eigenvalue weighted by molar-refractivity contribution is 6.32. The van der Waals surface area contributed by atoms with Crippen LogP contribution in [0.3, 0.4) is 0 Å². The molecule has 0 N–H and O–H groups in total. The number of halogens is 2. The van der Waals surface area contributed by atoms with Crippen LogP contribution in [0, 0.1) is 23.6 Å². The maximum atomic E-state index is 14.9. The predicted octanol–water partition coefficient (Wildman–Crippen LogP) is 8.78. The van der Waals surface area contributed by atoms with E-state index in [0.717, 1.165) is 35.3 Å². The molecule has 2 unspecified atom stereocenters. The molecule has 3 heteroatoms. The number of hydrogen-bond acceptors (Lipinski definition) is 1. The highest BCUT2D eigenvalue weighted by atomic mass is 35.5. The maximum Gasteiger partial charge on any atom is 0.149 e. The summed E-state index contributed by atoms with van der Waals surface area (Å²) in [6, 6.07) is 12.0. The fraction of sp³-hybridized carbons (Fsp3) is 0.448. The van der Waals surface area contributed by atoms with Crippen LogP contribution in [0.1, 0.15) is 69.1 Å². The summed E-state index contributed by atoms with van der Waals surface area (Å²) in [5.41, 5.74) is 4.87. The van der Waals surface area contributed by atoms with Crippen LogP contribution in [0.5, 0.6) is 0 Å². The van der Waals surface area contributed by atoms with Gasteiger partial charge in [0.1, 0.15) is 11.9 Å². The van der Waals surface area contributed by atoms with Crippen LogP contribution in [-0.2, 0) is 4.74 Å². The molecular weight excluding hydrogens is 419 g/mol. The number of allylic oxidation sites excluding steroid dienone is 4. The van der Waals surface area contributed by atoms with Crippen molar-refractivity contribution in [3.63, 3.8) is 0 Å². The lowest BCUT2D eigenvalue weighted by atomic mass is 9.71. The number of rotatable bonds is 5. The predicted molar refractivity (Wildman–Crippen MR) is 131 cm³/mol. The molecule has 2 aromatic carbocycles. The zero-order chi connectivity index (χ0) is 22.1. The van der Waals surface area contributed by atoms with Gasteiger partial charge in [0.25, 0.3) is 0 Å². The van der Waals surface area contributed by atoms with Crippen LogP contribution in [0.15, 0.2) is 54.6 Å². The van der Waals surface area contributed by atoms with Gasteiger partial charge in [0.15, 0.2) is 0 Å². The molecule has 2 fully saturated rings. The Morgan fingerprint density at radius 2 is 1.66 bits per heavy atom. The second-order valence-corrected chi connectivity index (χ2v) is 10.1. The molecule has 1 heterocycles. The molecule has 1 saturated heterocycles. The molecule has 1 saturated carbocycles. The first kappa shape index (κ1) is 21.9. The molecule has 0 aromatic heterocycles. The molecule has 1 nitrogen and oxygen atoms in total. The summed E-state index contributed by atoms with van der Waals surface area (Å²) in [5.74, 6) is 2.20. The number of hydrogen-bond donors (Lipinski definition) is 0. The van der Waals surface area contributed by atoms with Gasteiger partial charge in [-0.3, -0.25) is 0 Å². The quantitative estimate of drug-likeness (QED) is 0.327. The number of epoxide rings is 1. The molecular formula is C29H32ClFO. The Balaban J connectivity index is 1.24. The Morgan fingerprint density at radius 1 is 0.938 bits per heavy atom. The van der Waals surface area contributed by atoms with Crippen LogP contribution >= 0.6 is 11.6 Å². The average Bonchev–Trinajstić information content (AvgIpc) is 3.67. The first-order chi connectivity index (χ1) is 15.6. The highest BCUT2D eigenvalue weighted by Gasteiger charge is 2.30. The van der Waals surface area contributed by atoms with E-state index in [4.69, 9.17) is 16.3 Å². The Morgan fingerprint density at radius 3 is 2.28 bits per heavy atom. The summed E-state index contributed by atoms with van der Waals surface area (Å²) in [4.78, 5) is 0. The third kappa shape index (κ3) is 4.58. The van der Waals surface area contributed by atoms with Gasteiger partial charge in [-0.05, 0) is 86.3 Å². The highest BCUT2D eigenvalue weighted by Crippen LogP contribution is 2.42. The van der Waals surface area contributed by atoms with E-state index in [1.165, 1.54) is 49.7 Å². The Kier molecular flexibility index (Phi) is 6.53.